The zero-order valence-electron chi connectivity index (χ0n) is 6.23. The van der Waals surface area contributed by atoms with E-state index in [9.17, 15) is 13.2 Å². The molecule has 0 saturated heterocycles. The molecule has 0 radical (unpaired) electrons. The number of rotatable bonds is 0. The molecule has 4 N–H and O–H groups in total. The number of alkyl halides is 3. The molecule has 1 atom stereocenters. The van der Waals surface area contributed by atoms with Crippen molar-refractivity contribution in [1.82, 2.24) is 0 Å². The summed E-state index contributed by atoms with van der Waals surface area (Å²) in [7, 11) is 0. The van der Waals surface area contributed by atoms with Crippen LogP contribution in [0.1, 0.15) is 6.42 Å². The summed E-state index contributed by atoms with van der Waals surface area (Å²) in [6.45, 7) is 0. The lowest BCUT2D eigenvalue weighted by Crippen LogP contribution is -2.52. The molecule has 2 nitrogen and oxygen atoms in total. The molecule has 12 heavy (non-hydrogen) atoms. The van der Waals surface area contributed by atoms with Crippen LogP contribution in [-0.4, -0.2) is 11.7 Å². The average Bonchev–Trinajstić information content (AvgIpc) is 1.83. The highest BCUT2D eigenvalue weighted by Gasteiger charge is 2.50. The van der Waals surface area contributed by atoms with E-state index in [0.29, 0.717) is 0 Å². The average molecular weight is 178 g/mol. The molecule has 0 aromatic heterocycles. The number of hydrogen-bond donors (Lipinski definition) is 2. The number of halogens is 3. The van der Waals surface area contributed by atoms with Gasteiger partial charge in [0.05, 0.1) is 0 Å². The Morgan fingerprint density at radius 2 is 2.00 bits per heavy atom. The van der Waals surface area contributed by atoms with E-state index in [4.69, 9.17) is 11.5 Å². The van der Waals surface area contributed by atoms with Crippen LogP contribution in [0.2, 0.25) is 0 Å². The van der Waals surface area contributed by atoms with Crippen LogP contribution in [-0.2, 0) is 0 Å². The maximum Gasteiger partial charge on any atom is 0.410 e. The van der Waals surface area contributed by atoms with Crippen LogP contribution in [0.3, 0.4) is 0 Å². The lowest BCUT2D eigenvalue weighted by molar-refractivity contribution is -0.171. The second-order valence-electron chi connectivity index (χ2n) is 2.79. The van der Waals surface area contributed by atoms with Gasteiger partial charge in [0.15, 0.2) is 0 Å². The third-order valence-corrected chi connectivity index (χ3v) is 1.72. The standard InChI is InChI=1S/C7H9F3N2/c8-7(9,10)6(12)3-1-2-5(11)4-6/h1-2,4H,3,11-12H2. The summed E-state index contributed by atoms with van der Waals surface area (Å²) in [6.07, 6.45) is -1.12. The maximum absolute atomic E-state index is 12.2. The van der Waals surface area contributed by atoms with E-state index in [-0.39, 0.29) is 12.1 Å². The minimum Gasteiger partial charge on any atom is -0.399 e. The van der Waals surface area contributed by atoms with E-state index in [2.05, 4.69) is 0 Å². The van der Waals surface area contributed by atoms with Gasteiger partial charge in [0.2, 0.25) is 0 Å². The van der Waals surface area contributed by atoms with E-state index in [1.807, 2.05) is 0 Å². The summed E-state index contributed by atoms with van der Waals surface area (Å²) >= 11 is 0. The summed E-state index contributed by atoms with van der Waals surface area (Å²) in [4.78, 5) is 0. The monoisotopic (exact) mass is 178 g/mol. The van der Waals surface area contributed by atoms with Gasteiger partial charge in [-0.05, 0) is 18.6 Å². The first kappa shape index (κ1) is 9.12. The third-order valence-electron chi connectivity index (χ3n) is 1.72. The minimum absolute atomic E-state index is 0.0566. The minimum atomic E-state index is -4.44. The molecule has 0 heterocycles. The summed E-state index contributed by atoms with van der Waals surface area (Å²) in [6, 6.07) is 0. The lowest BCUT2D eigenvalue weighted by atomic mass is 9.91. The summed E-state index contributed by atoms with van der Waals surface area (Å²) in [5, 5.41) is 0. The Balaban J connectivity index is 2.95. The predicted octanol–water partition coefficient (Wildman–Crippen LogP) is 1.05. The van der Waals surface area contributed by atoms with E-state index >= 15 is 0 Å². The summed E-state index contributed by atoms with van der Waals surface area (Å²) in [5.41, 5.74) is 8.07. The van der Waals surface area contributed by atoms with Crippen LogP contribution in [0.5, 0.6) is 0 Å². The van der Waals surface area contributed by atoms with Gasteiger partial charge in [0.1, 0.15) is 5.54 Å². The van der Waals surface area contributed by atoms with Crippen molar-refractivity contribution in [3.05, 3.63) is 23.9 Å². The molecular formula is C7H9F3N2. The van der Waals surface area contributed by atoms with Crippen LogP contribution in [0, 0.1) is 0 Å². The molecule has 0 bridgehead atoms. The maximum atomic E-state index is 12.2. The molecule has 0 spiro atoms. The van der Waals surface area contributed by atoms with Gasteiger partial charge in [-0.15, -0.1) is 0 Å². The molecule has 0 aromatic rings. The Morgan fingerprint density at radius 3 is 2.33 bits per heavy atom. The van der Waals surface area contributed by atoms with Gasteiger partial charge in [0, 0.05) is 5.70 Å². The second-order valence-corrected chi connectivity index (χ2v) is 2.79. The van der Waals surface area contributed by atoms with Crippen molar-refractivity contribution in [2.75, 3.05) is 0 Å². The fourth-order valence-corrected chi connectivity index (χ4v) is 0.992. The largest absolute Gasteiger partial charge is 0.410 e. The zero-order chi connectivity index (χ0) is 9.41. The van der Waals surface area contributed by atoms with E-state index in [1.54, 1.807) is 0 Å². The predicted molar refractivity (Wildman–Crippen MR) is 39.0 cm³/mol. The molecule has 0 aromatic carbocycles. The first-order valence-electron chi connectivity index (χ1n) is 3.36. The van der Waals surface area contributed by atoms with E-state index < -0.39 is 11.7 Å². The molecular weight excluding hydrogens is 169 g/mol. The van der Waals surface area contributed by atoms with Gasteiger partial charge in [-0.2, -0.15) is 13.2 Å². The van der Waals surface area contributed by atoms with Gasteiger partial charge in [-0.1, -0.05) is 6.08 Å². The van der Waals surface area contributed by atoms with Gasteiger partial charge in [0.25, 0.3) is 0 Å². The SMILES string of the molecule is NC1=CC(N)(C(F)(F)F)CC=C1. The second kappa shape index (κ2) is 2.52. The summed E-state index contributed by atoms with van der Waals surface area (Å²) in [5.74, 6) is 0. The van der Waals surface area contributed by atoms with Crippen LogP contribution in [0.15, 0.2) is 23.9 Å². The van der Waals surface area contributed by atoms with Crippen LogP contribution in [0.25, 0.3) is 0 Å². The molecule has 1 unspecified atom stereocenters. The number of nitrogens with two attached hydrogens (primary N) is 2. The molecule has 5 heteroatoms. The molecule has 1 rings (SSSR count). The molecule has 0 fully saturated rings. The van der Waals surface area contributed by atoms with Crippen molar-refractivity contribution in [1.29, 1.82) is 0 Å². The van der Waals surface area contributed by atoms with Gasteiger partial charge in [-0.25, -0.2) is 0 Å². The Kier molecular flexibility index (Phi) is 1.91. The van der Waals surface area contributed by atoms with Crippen molar-refractivity contribution >= 4 is 0 Å². The highest BCUT2D eigenvalue weighted by Crippen LogP contribution is 2.34. The number of hydrogen-bond acceptors (Lipinski definition) is 2. The highest BCUT2D eigenvalue weighted by molar-refractivity contribution is 5.29. The van der Waals surface area contributed by atoms with Gasteiger partial charge >= 0.3 is 6.18 Å². The Hall–Kier alpha value is -0.970. The van der Waals surface area contributed by atoms with Crippen molar-refractivity contribution in [2.45, 2.75) is 18.1 Å². The first-order valence-corrected chi connectivity index (χ1v) is 3.36. The molecule has 1 aliphatic carbocycles. The van der Waals surface area contributed by atoms with Crippen molar-refractivity contribution < 1.29 is 13.2 Å². The smallest absolute Gasteiger partial charge is 0.399 e. The quantitative estimate of drug-likeness (QED) is 0.582. The fourth-order valence-electron chi connectivity index (χ4n) is 0.992. The highest BCUT2D eigenvalue weighted by atomic mass is 19.4. The van der Waals surface area contributed by atoms with Crippen molar-refractivity contribution in [3.63, 3.8) is 0 Å². The zero-order valence-corrected chi connectivity index (χ0v) is 6.23. The molecule has 0 aliphatic heterocycles. The Labute approximate surface area is 67.7 Å². The molecule has 0 saturated carbocycles. The van der Waals surface area contributed by atoms with Crippen LogP contribution in [0.4, 0.5) is 13.2 Å². The van der Waals surface area contributed by atoms with Crippen LogP contribution < -0.4 is 11.5 Å². The van der Waals surface area contributed by atoms with Gasteiger partial charge in [-0.3, -0.25) is 0 Å². The van der Waals surface area contributed by atoms with Gasteiger partial charge < -0.3 is 11.5 Å². The summed E-state index contributed by atoms with van der Waals surface area (Å²) < 4.78 is 36.7. The third kappa shape index (κ3) is 1.45. The molecule has 68 valence electrons. The molecule has 1 aliphatic rings. The fraction of sp³-hybridized carbons (Fsp3) is 0.429. The van der Waals surface area contributed by atoms with E-state index in [1.165, 1.54) is 12.2 Å². The number of allylic oxidation sites excluding steroid dienone is 1. The van der Waals surface area contributed by atoms with E-state index in [0.717, 1.165) is 6.08 Å². The lowest BCUT2D eigenvalue weighted by Gasteiger charge is -2.29. The van der Waals surface area contributed by atoms with Crippen molar-refractivity contribution in [3.8, 4) is 0 Å². The first-order chi connectivity index (χ1) is 5.35. The normalized spacial score (nSPS) is 30.2. The van der Waals surface area contributed by atoms with Crippen LogP contribution >= 0.6 is 0 Å². The topological polar surface area (TPSA) is 52.0 Å². The Bertz CT molecular complexity index is 242. The van der Waals surface area contributed by atoms with Crippen molar-refractivity contribution in [2.24, 2.45) is 11.5 Å². The Morgan fingerprint density at radius 1 is 1.42 bits per heavy atom. The molecule has 0 amide bonds.